The number of rotatable bonds is 2. The van der Waals surface area contributed by atoms with Gasteiger partial charge in [0.15, 0.2) is 0 Å². The van der Waals surface area contributed by atoms with Crippen LogP contribution < -0.4 is 4.74 Å². The first kappa shape index (κ1) is 11.0. The first-order valence-corrected chi connectivity index (χ1v) is 5.98. The number of hydrogen-bond donors (Lipinski definition) is 1. The van der Waals surface area contributed by atoms with Gasteiger partial charge in [-0.15, -0.1) is 0 Å². The largest absolute Gasteiger partial charge is 0.496 e. The Kier molecular flexibility index (Phi) is 2.40. The molecule has 0 unspecified atom stereocenters. The number of methoxy groups -OCH3 is 1. The topological polar surface area (TPSA) is 29.9 Å². The van der Waals surface area contributed by atoms with Crippen molar-refractivity contribution in [2.24, 2.45) is 7.05 Å². The standard InChI is InChI=1S/C15H16N2O/c1-10-7-14-11(8-15(10)18-3)12(9-17(14)2)13-5-4-6-16-13/h4-9,16H,1-3H3. The van der Waals surface area contributed by atoms with Crippen molar-refractivity contribution in [1.82, 2.24) is 9.55 Å². The van der Waals surface area contributed by atoms with Gasteiger partial charge < -0.3 is 14.3 Å². The lowest BCUT2D eigenvalue weighted by atomic mass is 10.1. The summed E-state index contributed by atoms with van der Waals surface area (Å²) < 4.78 is 7.57. The highest BCUT2D eigenvalue weighted by molar-refractivity contribution is 5.96. The maximum Gasteiger partial charge on any atom is 0.122 e. The maximum absolute atomic E-state index is 5.42. The summed E-state index contributed by atoms with van der Waals surface area (Å²) in [7, 11) is 3.78. The molecule has 1 N–H and O–H groups in total. The fourth-order valence-electron chi connectivity index (χ4n) is 2.45. The molecule has 0 fully saturated rings. The number of nitrogens with one attached hydrogen (secondary N) is 1. The Balaban J connectivity index is 2.34. The number of aromatic amines is 1. The second-order valence-electron chi connectivity index (χ2n) is 4.58. The Morgan fingerprint density at radius 2 is 2.11 bits per heavy atom. The summed E-state index contributed by atoms with van der Waals surface area (Å²) in [6.07, 6.45) is 4.09. The molecule has 18 heavy (non-hydrogen) atoms. The first-order chi connectivity index (χ1) is 8.70. The fraction of sp³-hybridized carbons (Fsp3) is 0.200. The zero-order chi connectivity index (χ0) is 12.7. The van der Waals surface area contributed by atoms with Gasteiger partial charge in [0, 0.05) is 41.6 Å². The summed E-state index contributed by atoms with van der Waals surface area (Å²) in [4.78, 5) is 3.26. The molecular weight excluding hydrogens is 224 g/mol. The summed E-state index contributed by atoms with van der Waals surface area (Å²) >= 11 is 0. The molecule has 0 spiro atoms. The van der Waals surface area contributed by atoms with Crippen molar-refractivity contribution in [3.05, 3.63) is 42.2 Å². The number of nitrogens with zero attached hydrogens (tertiary/aromatic N) is 1. The minimum absolute atomic E-state index is 0.932. The van der Waals surface area contributed by atoms with Crippen LogP contribution in [0.3, 0.4) is 0 Å². The molecule has 0 amide bonds. The van der Waals surface area contributed by atoms with Crippen LogP contribution in [0.5, 0.6) is 5.75 Å². The number of hydrogen-bond acceptors (Lipinski definition) is 1. The van der Waals surface area contributed by atoms with Crippen LogP contribution in [-0.4, -0.2) is 16.7 Å². The molecule has 92 valence electrons. The highest BCUT2D eigenvalue weighted by atomic mass is 16.5. The number of fused-ring (bicyclic) bond motifs is 1. The summed E-state index contributed by atoms with van der Waals surface area (Å²) in [5, 5.41) is 1.21. The lowest BCUT2D eigenvalue weighted by Gasteiger charge is -2.06. The van der Waals surface area contributed by atoms with Crippen LogP contribution in [0.1, 0.15) is 5.56 Å². The highest BCUT2D eigenvalue weighted by Gasteiger charge is 2.11. The van der Waals surface area contributed by atoms with Crippen LogP contribution in [0.2, 0.25) is 0 Å². The van der Waals surface area contributed by atoms with Gasteiger partial charge in [0.1, 0.15) is 5.75 Å². The number of aryl methyl sites for hydroxylation is 2. The van der Waals surface area contributed by atoms with E-state index < -0.39 is 0 Å². The third-order valence-electron chi connectivity index (χ3n) is 3.39. The molecule has 3 heteroatoms. The molecule has 0 saturated carbocycles. The quantitative estimate of drug-likeness (QED) is 0.730. The zero-order valence-corrected chi connectivity index (χ0v) is 10.8. The van der Waals surface area contributed by atoms with E-state index in [4.69, 9.17) is 4.74 Å². The molecule has 2 aromatic heterocycles. The van der Waals surface area contributed by atoms with E-state index in [1.165, 1.54) is 16.5 Å². The van der Waals surface area contributed by atoms with Crippen molar-refractivity contribution in [3.8, 4) is 17.0 Å². The molecule has 0 bridgehead atoms. The van der Waals surface area contributed by atoms with Crippen LogP contribution in [-0.2, 0) is 7.05 Å². The SMILES string of the molecule is COc1cc2c(-c3ccc[nH]3)cn(C)c2cc1C. The number of aromatic nitrogens is 2. The summed E-state index contributed by atoms with van der Waals surface area (Å²) in [6.45, 7) is 2.07. The molecule has 0 aliphatic rings. The minimum atomic E-state index is 0.932. The Labute approximate surface area is 106 Å². The third kappa shape index (κ3) is 1.51. The summed E-state index contributed by atoms with van der Waals surface area (Å²) in [6, 6.07) is 8.38. The molecule has 0 aliphatic carbocycles. The van der Waals surface area contributed by atoms with Gasteiger partial charge >= 0.3 is 0 Å². The average Bonchev–Trinajstić information content (AvgIpc) is 2.97. The van der Waals surface area contributed by atoms with Crippen LogP contribution >= 0.6 is 0 Å². The van der Waals surface area contributed by atoms with Crippen LogP contribution in [0.15, 0.2) is 36.7 Å². The minimum Gasteiger partial charge on any atom is -0.496 e. The molecule has 1 aromatic carbocycles. The van der Waals surface area contributed by atoms with Crippen molar-refractivity contribution in [3.63, 3.8) is 0 Å². The maximum atomic E-state index is 5.42. The normalized spacial score (nSPS) is 11.1. The predicted octanol–water partition coefficient (Wildman–Crippen LogP) is 3.49. The molecule has 0 atom stereocenters. The number of ether oxygens (including phenoxy) is 1. The van der Waals surface area contributed by atoms with Crippen LogP contribution in [0.4, 0.5) is 0 Å². The van der Waals surface area contributed by atoms with Crippen molar-refractivity contribution < 1.29 is 4.74 Å². The van der Waals surface area contributed by atoms with E-state index in [1.807, 2.05) is 12.3 Å². The van der Waals surface area contributed by atoms with Crippen LogP contribution in [0, 0.1) is 6.92 Å². The van der Waals surface area contributed by atoms with E-state index >= 15 is 0 Å². The van der Waals surface area contributed by atoms with E-state index in [2.05, 4.69) is 47.9 Å². The fourth-order valence-corrected chi connectivity index (χ4v) is 2.45. The Morgan fingerprint density at radius 3 is 2.78 bits per heavy atom. The van der Waals surface area contributed by atoms with E-state index in [0.717, 1.165) is 17.0 Å². The van der Waals surface area contributed by atoms with E-state index in [9.17, 15) is 0 Å². The first-order valence-electron chi connectivity index (χ1n) is 5.98. The van der Waals surface area contributed by atoms with Gasteiger partial charge in [-0.2, -0.15) is 0 Å². The molecule has 0 radical (unpaired) electrons. The molecule has 0 saturated heterocycles. The van der Waals surface area contributed by atoms with E-state index in [0.29, 0.717) is 0 Å². The molecular formula is C15H16N2O. The third-order valence-corrected chi connectivity index (χ3v) is 3.39. The summed E-state index contributed by atoms with van der Waals surface area (Å²) in [5.41, 5.74) is 4.71. The van der Waals surface area contributed by atoms with Gasteiger partial charge in [0.25, 0.3) is 0 Å². The van der Waals surface area contributed by atoms with Gasteiger partial charge in [-0.05, 0) is 36.8 Å². The molecule has 2 heterocycles. The van der Waals surface area contributed by atoms with E-state index in [1.54, 1.807) is 7.11 Å². The Hall–Kier alpha value is -2.16. The van der Waals surface area contributed by atoms with Crippen LogP contribution in [0.25, 0.3) is 22.2 Å². The second kappa shape index (κ2) is 3.95. The van der Waals surface area contributed by atoms with Crippen molar-refractivity contribution in [2.75, 3.05) is 7.11 Å². The lowest BCUT2D eigenvalue weighted by Crippen LogP contribution is -1.89. The zero-order valence-electron chi connectivity index (χ0n) is 10.8. The highest BCUT2D eigenvalue weighted by Crippen LogP contribution is 2.33. The molecule has 3 nitrogen and oxygen atoms in total. The van der Waals surface area contributed by atoms with Crippen molar-refractivity contribution in [2.45, 2.75) is 6.92 Å². The van der Waals surface area contributed by atoms with Gasteiger partial charge in [0.05, 0.1) is 7.11 Å². The Bertz CT molecular complexity index is 693. The van der Waals surface area contributed by atoms with E-state index in [-0.39, 0.29) is 0 Å². The molecule has 0 aliphatic heterocycles. The molecule has 3 rings (SSSR count). The number of H-pyrrole nitrogens is 1. The Morgan fingerprint density at radius 1 is 1.28 bits per heavy atom. The monoisotopic (exact) mass is 240 g/mol. The second-order valence-corrected chi connectivity index (χ2v) is 4.58. The predicted molar refractivity (Wildman–Crippen MR) is 74.0 cm³/mol. The van der Waals surface area contributed by atoms with Crippen molar-refractivity contribution >= 4 is 10.9 Å². The smallest absolute Gasteiger partial charge is 0.122 e. The average molecular weight is 240 g/mol. The van der Waals surface area contributed by atoms with Gasteiger partial charge in [0.2, 0.25) is 0 Å². The van der Waals surface area contributed by atoms with Gasteiger partial charge in [-0.25, -0.2) is 0 Å². The van der Waals surface area contributed by atoms with Gasteiger partial charge in [-0.1, -0.05) is 0 Å². The lowest BCUT2D eigenvalue weighted by molar-refractivity contribution is 0.412. The van der Waals surface area contributed by atoms with Gasteiger partial charge in [-0.3, -0.25) is 0 Å². The van der Waals surface area contributed by atoms with Crippen molar-refractivity contribution in [1.29, 1.82) is 0 Å². The molecule has 3 aromatic rings. The number of benzene rings is 1. The summed E-state index contributed by atoms with van der Waals surface area (Å²) in [5.74, 6) is 0.932.